The number of hydrogen-bond donors (Lipinski definition) is 1. The molecule has 8 nitrogen and oxygen atoms in total. The first-order valence-corrected chi connectivity index (χ1v) is 5.44. The summed E-state index contributed by atoms with van der Waals surface area (Å²) < 4.78 is 8.04. The summed E-state index contributed by atoms with van der Waals surface area (Å²) in [5.74, 6) is 0.320. The highest BCUT2D eigenvalue weighted by Crippen LogP contribution is 2.12. The van der Waals surface area contributed by atoms with E-state index in [1.165, 1.54) is 6.33 Å². The average molecular weight is 250 g/mol. The Morgan fingerprint density at radius 2 is 2.22 bits per heavy atom. The van der Waals surface area contributed by atoms with Gasteiger partial charge in [0.15, 0.2) is 11.5 Å². The fourth-order valence-electron chi connectivity index (χ4n) is 1.48. The van der Waals surface area contributed by atoms with Gasteiger partial charge in [-0.15, -0.1) is 0 Å². The van der Waals surface area contributed by atoms with Crippen molar-refractivity contribution in [2.24, 2.45) is 7.05 Å². The number of rotatable bonds is 4. The molecule has 0 aliphatic carbocycles. The van der Waals surface area contributed by atoms with Crippen LogP contribution >= 0.6 is 0 Å². The van der Waals surface area contributed by atoms with Gasteiger partial charge in [0.05, 0.1) is 19.5 Å². The molecule has 18 heavy (non-hydrogen) atoms. The van der Waals surface area contributed by atoms with Gasteiger partial charge in [0.1, 0.15) is 12.1 Å². The Hall–Kier alpha value is -2.38. The molecule has 2 aromatic heterocycles. The highest BCUT2D eigenvalue weighted by Gasteiger charge is 2.17. The molecule has 0 radical (unpaired) electrons. The molecule has 0 saturated heterocycles. The van der Waals surface area contributed by atoms with Crippen LogP contribution in [0.25, 0.3) is 0 Å². The lowest BCUT2D eigenvalue weighted by atomic mass is 10.4. The summed E-state index contributed by atoms with van der Waals surface area (Å²) >= 11 is 0. The summed E-state index contributed by atoms with van der Waals surface area (Å²) in [6.07, 6.45) is 3.06. The van der Waals surface area contributed by atoms with Crippen LogP contribution in [0.15, 0.2) is 12.7 Å². The smallest absolute Gasteiger partial charge is 0.360 e. The molecule has 0 fully saturated rings. The number of imidazole rings is 1. The lowest BCUT2D eigenvalue weighted by Crippen LogP contribution is -2.11. The predicted octanol–water partition coefficient (Wildman–Crippen LogP) is -0.181. The standard InChI is InChI=1S/C10H14N6O2/c1-3-18-10(17)8-9(11)16(6-13-8)4-7-12-5-15(2)14-7/h5-6H,3-4,11H2,1-2H3. The summed E-state index contributed by atoms with van der Waals surface area (Å²) in [6, 6.07) is 0. The van der Waals surface area contributed by atoms with Crippen LogP contribution in [0.3, 0.4) is 0 Å². The van der Waals surface area contributed by atoms with Crippen LogP contribution in [-0.2, 0) is 18.3 Å². The maximum Gasteiger partial charge on any atom is 0.360 e. The van der Waals surface area contributed by atoms with Gasteiger partial charge in [-0.25, -0.2) is 14.8 Å². The van der Waals surface area contributed by atoms with Gasteiger partial charge in [-0.05, 0) is 6.92 Å². The van der Waals surface area contributed by atoms with Crippen molar-refractivity contribution >= 4 is 11.8 Å². The van der Waals surface area contributed by atoms with Gasteiger partial charge < -0.3 is 15.0 Å². The normalized spacial score (nSPS) is 10.6. The fraction of sp³-hybridized carbons (Fsp3) is 0.400. The molecular formula is C10H14N6O2. The second-order valence-electron chi connectivity index (χ2n) is 3.66. The molecular weight excluding hydrogens is 236 g/mol. The predicted molar refractivity (Wildman–Crippen MR) is 62.7 cm³/mol. The van der Waals surface area contributed by atoms with Crippen LogP contribution in [-0.4, -0.2) is 36.9 Å². The van der Waals surface area contributed by atoms with Gasteiger partial charge in [0.25, 0.3) is 0 Å². The number of hydrogen-bond acceptors (Lipinski definition) is 6. The Bertz CT molecular complexity index is 558. The van der Waals surface area contributed by atoms with Crippen LogP contribution in [0.2, 0.25) is 0 Å². The van der Waals surface area contributed by atoms with Crippen molar-refractivity contribution in [2.75, 3.05) is 12.3 Å². The highest BCUT2D eigenvalue weighted by molar-refractivity contribution is 5.92. The molecule has 0 spiro atoms. The minimum absolute atomic E-state index is 0.118. The second kappa shape index (κ2) is 4.86. The number of nitrogens with two attached hydrogens (primary N) is 1. The van der Waals surface area contributed by atoms with Gasteiger partial charge in [-0.2, -0.15) is 5.10 Å². The van der Waals surface area contributed by atoms with Gasteiger partial charge in [-0.1, -0.05) is 0 Å². The molecule has 2 aromatic rings. The van der Waals surface area contributed by atoms with Crippen molar-refractivity contribution in [1.29, 1.82) is 0 Å². The number of carbonyl (C=O) groups is 1. The van der Waals surface area contributed by atoms with Crippen LogP contribution < -0.4 is 5.73 Å². The molecule has 0 aliphatic rings. The number of nitrogens with zero attached hydrogens (tertiary/aromatic N) is 5. The molecule has 0 saturated carbocycles. The maximum absolute atomic E-state index is 11.5. The second-order valence-corrected chi connectivity index (χ2v) is 3.66. The molecule has 0 amide bonds. The zero-order valence-electron chi connectivity index (χ0n) is 10.2. The molecule has 0 atom stereocenters. The first kappa shape index (κ1) is 12.1. The van der Waals surface area contributed by atoms with E-state index in [0.29, 0.717) is 12.4 Å². The number of aryl methyl sites for hydroxylation is 1. The molecule has 2 N–H and O–H groups in total. The van der Waals surface area contributed by atoms with E-state index in [4.69, 9.17) is 10.5 Å². The van der Waals surface area contributed by atoms with Crippen molar-refractivity contribution in [3.63, 3.8) is 0 Å². The summed E-state index contributed by atoms with van der Waals surface area (Å²) in [4.78, 5) is 19.5. The molecule has 2 rings (SSSR count). The quantitative estimate of drug-likeness (QED) is 0.755. The largest absolute Gasteiger partial charge is 0.461 e. The Morgan fingerprint density at radius 3 is 2.83 bits per heavy atom. The van der Waals surface area contributed by atoms with Crippen LogP contribution in [0.4, 0.5) is 5.82 Å². The minimum Gasteiger partial charge on any atom is -0.461 e. The summed E-state index contributed by atoms with van der Waals surface area (Å²) in [5.41, 5.74) is 5.94. The van der Waals surface area contributed by atoms with E-state index in [1.54, 1.807) is 29.5 Å². The number of nitrogen functional groups attached to an aromatic ring is 1. The number of carbonyl (C=O) groups excluding carboxylic acids is 1. The third-order valence-electron chi connectivity index (χ3n) is 2.31. The number of esters is 1. The third-order valence-corrected chi connectivity index (χ3v) is 2.31. The zero-order chi connectivity index (χ0) is 13.1. The first-order chi connectivity index (χ1) is 8.61. The lowest BCUT2D eigenvalue weighted by molar-refractivity contribution is 0.0521. The Kier molecular flexibility index (Phi) is 3.26. The zero-order valence-corrected chi connectivity index (χ0v) is 10.2. The number of aromatic nitrogens is 5. The van der Waals surface area contributed by atoms with Crippen molar-refractivity contribution in [2.45, 2.75) is 13.5 Å². The lowest BCUT2D eigenvalue weighted by Gasteiger charge is -2.02. The van der Waals surface area contributed by atoms with E-state index < -0.39 is 5.97 Å². The monoisotopic (exact) mass is 250 g/mol. The van der Waals surface area contributed by atoms with Gasteiger partial charge in [0, 0.05) is 7.05 Å². The molecule has 0 aliphatic heterocycles. The first-order valence-electron chi connectivity index (χ1n) is 5.44. The Morgan fingerprint density at radius 1 is 1.44 bits per heavy atom. The SMILES string of the molecule is CCOC(=O)c1ncn(Cc2ncn(C)n2)c1N. The van der Waals surface area contributed by atoms with E-state index in [1.807, 2.05) is 0 Å². The van der Waals surface area contributed by atoms with E-state index >= 15 is 0 Å². The number of anilines is 1. The van der Waals surface area contributed by atoms with Crippen molar-refractivity contribution < 1.29 is 9.53 Å². The fourth-order valence-corrected chi connectivity index (χ4v) is 1.48. The summed E-state index contributed by atoms with van der Waals surface area (Å²) in [6.45, 7) is 2.37. The van der Waals surface area contributed by atoms with E-state index in [0.717, 1.165) is 0 Å². The Labute approximate surface area is 103 Å². The van der Waals surface area contributed by atoms with Gasteiger partial charge >= 0.3 is 5.97 Å². The summed E-state index contributed by atoms with van der Waals surface area (Å²) in [7, 11) is 1.78. The van der Waals surface area contributed by atoms with Crippen LogP contribution in [0.5, 0.6) is 0 Å². The van der Waals surface area contributed by atoms with Gasteiger partial charge in [0.2, 0.25) is 0 Å². The van der Waals surface area contributed by atoms with Crippen molar-refractivity contribution in [1.82, 2.24) is 24.3 Å². The van der Waals surface area contributed by atoms with Crippen molar-refractivity contribution in [3.8, 4) is 0 Å². The van der Waals surface area contributed by atoms with E-state index in [2.05, 4.69) is 15.1 Å². The molecule has 0 unspecified atom stereocenters. The minimum atomic E-state index is -0.525. The van der Waals surface area contributed by atoms with E-state index in [-0.39, 0.29) is 18.1 Å². The maximum atomic E-state index is 11.5. The Balaban J connectivity index is 2.18. The number of ether oxygens (including phenoxy) is 1. The summed E-state index contributed by atoms with van der Waals surface area (Å²) in [5, 5.41) is 4.12. The van der Waals surface area contributed by atoms with Crippen molar-refractivity contribution in [3.05, 3.63) is 24.2 Å². The highest BCUT2D eigenvalue weighted by atomic mass is 16.5. The molecule has 0 bridgehead atoms. The molecule has 8 heteroatoms. The van der Waals surface area contributed by atoms with Crippen LogP contribution in [0.1, 0.15) is 23.2 Å². The molecule has 2 heterocycles. The van der Waals surface area contributed by atoms with E-state index in [9.17, 15) is 4.79 Å². The van der Waals surface area contributed by atoms with Crippen LogP contribution in [0, 0.1) is 0 Å². The third kappa shape index (κ3) is 2.31. The average Bonchev–Trinajstić information content (AvgIpc) is 2.88. The molecule has 0 aromatic carbocycles. The van der Waals surface area contributed by atoms with Gasteiger partial charge in [-0.3, -0.25) is 4.68 Å². The molecule has 96 valence electrons. The topological polar surface area (TPSA) is 101 Å².